The molecule has 1 N–H and O–H groups in total. The number of pyridine rings is 1. The maximum Gasteiger partial charge on any atom is 0.356 e. The van der Waals surface area contributed by atoms with Crippen molar-refractivity contribution in [1.82, 2.24) is 9.38 Å². The zero-order valence-corrected chi connectivity index (χ0v) is 24.9. The predicted octanol–water partition coefficient (Wildman–Crippen LogP) is 9.10. The quantitative estimate of drug-likeness (QED) is 0.182. The van der Waals surface area contributed by atoms with Crippen LogP contribution in [0, 0.1) is 23.2 Å². The van der Waals surface area contributed by atoms with Crippen LogP contribution in [0.4, 0.5) is 0 Å². The summed E-state index contributed by atoms with van der Waals surface area (Å²) in [6.07, 6.45) is 14.6. The Morgan fingerprint density at radius 1 is 0.919 bits per heavy atom. The van der Waals surface area contributed by atoms with Crippen LogP contribution in [-0.4, -0.2) is 33.7 Å². The van der Waals surface area contributed by atoms with Crippen LogP contribution in [0.1, 0.15) is 122 Å². The standard InChI is InChI=1S/C31H51ClN2O3/c1-23(2)31(24(3)4,25(5)6)18-13-10-8-7-9-11-14-20-37-21-15-12-16-27-29(30(35)36)33-28-22-26(32)17-19-34(27)28/h17,19,22-25H,7-16,18,20-21H2,1-6H3,(H,35,36). The Balaban J connectivity index is 1.53. The van der Waals surface area contributed by atoms with Crippen LogP contribution in [0.15, 0.2) is 18.3 Å². The Morgan fingerprint density at radius 2 is 1.46 bits per heavy atom. The lowest BCUT2D eigenvalue weighted by Crippen LogP contribution is -2.38. The zero-order chi connectivity index (χ0) is 27.4. The van der Waals surface area contributed by atoms with E-state index in [9.17, 15) is 9.90 Å². The number of aromatic nitrogens is 2. The smallest absolute Gasteiger partial charge is 0.356 e. The summed E-state index contributed by atoms with van der Waals surface area (Å²) in [5, 5.41) is 10.0. The molecule has 210 valence electrons. The summed E-state index contributed by atoms with van der Waals surface area (Å²) in [7, 11) is 0. The number of unbranched alkanes of at least 4 members (excludes halogenated alkanes) is 7. The number of ether oxygens (including phenoxy) is 1. The zero-order valence-electron chi connectivity index (χ0n) is 24.2. The van der Waals surface area contributed by atoms with Gasteiger partial charge in [-0.1, -0.05) is 91.7 Å². The Labute approximate surface area is 230 Å². The molecule has 2 heterocycles. The molecule has 0 spiro atoms. The number of halogens is 1. The second-order valence-corrected chi connectivity index (χ2v) is 12.1. The summed E-state index contributed by atoms with van der Waals surface area (Å²) in [5.74, 6) is 1.21. The van der Waals surface area contributed by atoms with Crippen molar-refractivity contribution in [2.24, 2.45) is 23.2 Å². The first-order valence-corrected chi connectivity index (χ1v) is 15.0. The lowest BCUT2D eigenvalue weighted by atomic mass is 9.60. The second-order valence-electron chi connectivity index (χ2n) is 11.7. The average molecular weight is 535 g/mol. The summed E-state index contributed by atoms with van der Waals surface area (Å²) in [6, 6.07) is 3.45. The van der Waals surface area contributed by atoms with Gasteiger partial charge in [0.2, 0.25) is 0 Å². The number of hydrogen-bond donors (Lipinski definition) is 1. The van der Waals surface area contributed by atoms with Gasteiger partial charge in [0.1, 0.15) is 5.65 Å². The van der Waals surface area contributed by atoms with Crippen molar-refractivity contribution in [3.8, 4) is 0 Å². The maximum absolute atomic E-state index is 11.6. The highest BCUT2D eigenvalue weighted by molar-refractivity contribution is 6.30. The van der Waals surface area contributed by atoms with Crippen molar-refractivity contribution in [3.05, 3.63) is 34.7 Å². The minimum atomic E-state index is -0.999. The Morgan fingerprint density at radius 3 is 2.03 bits per heavy atom. The molecule has 0 radical (unpaired) electrons. The molecule has 2 aromatic rings. The van der Waals surface area contributed by atoms with Gasteiger partial charge < -0.3 is 14.2 Å². The number of aryl methyl sites for hydroxylation is 1. The van der Waals surface area contributed by atoms with Gasteiger partial charge in [-0.05, 0) is 61.3 Å². The Kier molecular flexibility index (Phi) is 13.4. The van der Waals surface area contributed by atoms with Crippen molar-refractivity contribution in [3.63, 3.8) is 0 Å². The van der Waals surface area contributed by atoms with E-state index in [-0.39, 0.29) is 5.69 Å². The van der Waals surface area contributed by atoms with Gasteiger partial charge in [-0.2, -0.15) is 0 Å². The van der Waals surface area contributed by atoms with Gasteiger partial charge in [0.05, 0.1) is 5.69 Å². The molecule has 0 aliphatic carbocycles. The van der Waals surface area contributed by atoms with E-state index in [1.54, 1.807) is 18.3 Å². The normalized spacial score (nSPS) is 12.5. The van der Waals surface area contributed by atoms with Crippen molar-refractivity contribution in [1.29, 1.82) is 0 Å². The third-order valence-corrected chi connectivity index (χ3v) is 8.70. The largest absolute Gasteiger partial charge is 0.476 e. The van der Waals surface area contributed by atoms with E-state index in [0.29, 0.717) is 29.1 Å². The van der Waals surface area contributed by atoms with E-state index in [1.807, 2.05) is 4.40 Å². The van der Waals surface area contributed by atoms with Gasteiger partial charge in [0.25, 0.3) is 0 Å². The molecule has 0 atom stereocenters. The lowest BCUT2D eigenvalue weighted by Gasteiger charge is -2.45. The highest BCUT2D eigenvalue weighted by Crippen LogP contribution is 2.47. The van der Waals surface area contributed by atoms with Crippen LogP contribution >= 0.6 is 11.6 Å². The molecule has 0 bridgehead atoms. The van der Waals surface area contributed by atoms with Gasteiger partial charge in [-0.15, -0.1) is 0 Å². The fourth-order valence-electron chi connectivity index (χ4n) is 6.46. The Bertz CT molecular complexity index is 930. The molecular formula is C31H51ClN2O3. The molecule has 0 saturated carbocycles. The van der Waals surface area contributed by atoms with Crippen LogP contribution in [0.3, 0.4) is 0 Å². The number of nitrogens with zero attached hydrogens (tertiary/aromatic N) is 2. The monoisotopic (exact) mass is 534 g/mol. The molecule has 2 rings (SSSR count). The van der Waals surface area contributed by atoms with Gasteiger partial charge >= 0.3 is 5.97 Å². The molecule has 0 fully saturated rings. The molecule has 37 heavy (non-hydrogen) atoms. The highest BCUT2D eigenvalue weighted by Gasteiger charge is 2.39. The number of rotatable bonds is 19. The summed E-state index contributed by atoms with van der Waals surface area (Å²) >= 11 is 6.02. The number of fused-ring (bicyclic) bond motifs is 1. The Hall–Kier alpha value is -1.59. The van der Waals surface area contributed by atoms with E-state index in [4.69, 9.17) is 16.3 Å². The first-order valence-electron chi connectivity index (χ1n) is 14.6. The summed E-state index contributed by atoms with van der Waals surface area (Å²) in [4.78, 5) is 15.8. The van der Waals surface area contributed by atoms with Gasteiger partial charge in [0.15, 0.2) is 5.69 Å². The van der Waals surface area contributed by atoms with Gasteiger partial charge in [0, 0.05) is 30.5 Å². The topological polar surface area (TPSA) is 63.8 Å². The van der Waals surface area contributed by atoms with Crippen LogP contribution in [0.2, 0.25) is 5.02 Å². The molecule has 0 aromatic carbocycles. The molecule has 0 saturated heterocycles. The molecule has 6 heteroatoms. The van der Waals surface area contributed by atoms with E-state index in [2.05, 4.69) is 46.5 Å². The van der Waals surface area contributed by atoms with Gasteiger partial charge in [-0.25, -0.2) is 9.78 Å². The van der Waals surface area contributed by atoms with Crippen molar-refractivity contribution < 1.29 is 14.6 Å². The summed E-state index contributed by atoms with van der Waals surface area (Å²) in [5.41, 5.74) is 1.88. The minimum absolute atomic E-state index is 0.113. The SMILES string of the molecule is CC(C)C(CCCCCCCCCOCCCCc1c(C(=O)O)nc2cc(Cl)ccn12)(C(C)C)C(C)C. The minimum Gasteiger partial charge on any atom is -0.476 e. The third kappa shape index (κ3) is 8.99. The third-order valence-electron chi connectivity index (χ3n) is 8.47. The lowest BCUT2D eigenvalue weighted by molar-refractivity contribution is 0.0356. The van der Waals surface area contributed by atoms with Gasteiger partial charge in [-0.3, -0.25) is 0 Å². The van der Waals surface area contributed by atoms with Crippen LogP contribution in [0.5, 0.6) is 0 Å². The van der Waals surface area contributed by atoms with Crippen LogP contribution in [-0.2, 0) is 11.2 Å². The van der Waals surface area contributed by atoms with Crippen molar-refractivity contribution in [2.75, 3.05) is 13.2 Å². The van der Waals surface area contributed by atoms with Crippen LogP contribution < -0.4 is 0 Å². The molecule has 5 nitrogen and oxygen atoms in total. The number of carboxylic acids is 1. The first-order chi connectivity index (χ1) is 17.6. The van der Waals surface area contributed by atoms with Crippen molar-refractivity contribution >= 4 is 23.2 Å². The molecule has 0 amide bonds. The number of imidazole rings is 1. The maximum atomic E-state index is 11.6. The van der Waals surface area contributed by atoms with E-state index < -0.39 is 5.97 Å². The molecular weight excluding hydrogens is 484 g/mol. The second kappa shape index (κ2) is 15.7. The highest BCUT2D eigenvalue weighted by atomic mass is 35.5. The van der Waals surface area contributed by atoms with E-state index in [0.717, 1.165) is 49.3 Å². The number of aromatic carboxylic acids is 1. The molecule has 0 aliphatic heterocycles. The van der Waals surface area contributed by atoms with E-state index >= 15 is 0 Å². The number of hydrogen-bond acceptors (Lipinski definition) is 3. The summed E-state index contributed by atoms with van der Waals surface area (Å²) < 4.78 is 7.65. The van der Waals surface area contributed by atoms with E-state index in [1.165, 1.54) is 44.9 Å². The molecule has 0 unspecified atom stereocenters. The average Bonchev–Trinajstić information content (AvgIpc) is 3.18. The van der Waals surface area contributed by atoms with Crippen molar-refractivity contribution in [2.45, 2.75) is 112 Å². The predicted molar refractivity (Wildman–Crippen MR) is 155 cm³/mol. The number of carbonyl (C=O) groups is 1. The first kappa shape index (κ1) is 31.6. The number of carboxylic acid groups (broad SMARTS) is 1. The fourth-order valence-corrected chi connectivity index (χ4v) is 6.62. The molecule has 0 aliphatic rings. The molecule has 2 aromatic heterocycles. The fraction of sp³-hybridized carbons (Fsp3) is 0.742. The summed E-state index contributed by atoms with van der Waals surface area (Å²) in [6.45, 7) is 16.0. The van der Waals surface area contributed by atoms with Crippen LogP contribution in [0.25, 0.3) is 5.65 Å².